The molecule has 1 aromatic heterocycles. The minimum Gasteiger partial charge on any atom is -0.491 e. The van der Waals surface area contributed by atoms with Gasteiger partial charge in [0.15, 0.2) is 5.76 Å². The van der Waals surface area contributed by atoms with Gasteiger partial charge in [-0.1, -0.05) is 43.5 Å². The maximum atomic E-state index is 13.2. The third-order valence-corrected chi connectivity index (χ3v) is 6.65. The zero-order chi connectivity index (χ0) is 20.7. The van der Waals surface area contributed by atoms with Gasteiger partial charge in [0.2, 0.25) is 0 Å². The quantitative estimate of drug-likeness (QED) is 0.617. The lowest BCUT2D eigenvalue weighted by Gasteiger charge is -2.27. The number of imidazole rings is 1. The first-order valence-corrected chi connectivity index (χ1v) is 10.8. The Hall–Kier alpha value is -3.08. The van der Waals surface area contributed by atoms with Crippen LogP contribution in [-0.2, 0) is 9.53 Å². The monoisotopic (exact) mass is 401 g/mol. The fourth-order valence-electron chi connectivity index (χ4n) is 5.09. The first-order valence-electron chi connectivity index (χ1n) is 10.8. The van der Waals surface area contributed by atoms with Crippen molar-refractivity contribution in [3.63, 3.8) is 0 Å². The van der Waals surface area contributed by atoms with Crippen LogP contribution in [0, 0.1) is 0 Å². The van der Waals surface area contributed by atoms with E-state index < -0.39 is 0 Å². The molecule has 30 heavy (non-hydrogen) atoms. The summed E-state index contributed by atoms with van der Waals surface area (Å²) >= 11 is 0. The molecule has 1 fully saturated rings. The van der Waals surface area contributed by atoms with Crippen molar-refractivity contribution in [3.05, 3.63) is 71.3 Å². The molecule has 5 rings (SSSR count). The van der Waals surface area contributed by atoms with Gasteiger partial charge in [-0.3, -0.25) is 9.69 Å². The topological polar surface area (TPSA) is 58.2 Å². The van der Waals surface area contributed by atoms with Gasteiger partial charge in [-0.15, -0.1) is 0 Å². The van der Waals surface area contributed by atoms with Crippen LogP contribution in [0.5, 0.6) is 0 Å². The van der Waals surface area contributed by atoms with E-state index in [1.165, 1.54) is 37.7 Å². The molecular weight excluding hydrogens is 374 g/mol. The van der Waals surface area contributed by atoms with Crippen LogP contribution in [-0.4, -0.2) is 23.0 Å². The molecule has 0 bridgehead atoms. The van der Waals surface area contributed by atoms with Crippen molar-refractivity contribution in [2.45, 2.75) is 51.0 Å². The van der Waals surface area contributed by atoms with E-state index in [9.17, 15) is 4.79 Å². The van der Waals surface area contributed by atoms with Crippen LogP contribution < -0.4 is 4.90 Å². The number of ether oxygens (including phenoxy) is 1. The van der Waals surface area contributed by atoms with Gasteiger partial charge >= 0.3 is 0 Å². The molecule has 0 saturated heterocycles. The number of anilines is 1. The summed E-state index contributed by atoms with van der Waals surface area (Å²) < 4.78 is 5.50. The molecule has 1 atom stereocenters. The van der Waals surface area contributed by atoms with Gasteiger partial charge in [0.1, 0.15) is 0 Å². The standard InChI is InChI=1S/C25H27N3O2/c1-16-23(19-10-8-18(9-11-19)17-6-4-3-5-7-17)28(25(29)24(16)30-2)20-12-13-21-22(14-20)27-15-26-21/h8-15,17,23H,3-7H2,1-2H3,(H,26,27). The number of hydrogen-bond acceptors (Lipinski definition) is 3. The molecule has 1 aliphatic heterocycles. The van der Waals surface area contributed by atoms with Crippen LogP contribution in [0.2, 0.25) is 0 Å². The SMILES string of the molecule is COC1=C(C)C(c2ccc(C3CCCCC3)cc2)N(c2ccc3nc[nH]c3c2)C1=O. The first-order chi connectivity index (χ1) is 14.7. The lowest BCUT2D eigenvalue weighted by Crippen LogP contribution is -2.30. The summed E-state index contributed by atoms with van der Waals surface area (Å²) in [5, 5.41) is 0. The Bertz CT molecular complexity index is 1110. The number of benzene rings is 2. The van der Waals surface area contributed by atoms with E-state index in [2.05, 4.69) is 34.2 Å². The number of methoxy groups -OCH3 is 1. The molecule has 0 radical (unpaired) electrons. The molecule has 2 aliphatic rings. The first kappa shape index (κ1) is 18.9. The van der Waals surface area contributed by atoms with Crippen molar-refractivity contribution in [2.75, 3.05) is 12.0 Å². The van der Waals surface area contributed by atoms with Gasteiger partial charge in [0, 0.05) is 11.3 Å². The lowest BCUT2D eigenvalue weighted by molar-refractivity contribution is -0.117. The summed E-state index contributed by atoms with van der Waals surface area (Å²) in [6, 6.07) is 14.6. The number of nitrogens with zero attached hydrogens (tertiary/aromatic N) is 2. The average molecular weight is 402 g/mol. The number of H-pyrrole nitrogens is 1. The number of aromatic amines is 1. The van der Waals surface area contributed by atoms with Crippen molar-refractivity contribution in [2.24, 2.45) is 0 Å². The van der Waals surface area contributed by atoms with E-state index in [1.54, 1.807) is 13.4 Å². The van der Waals surface area contributed by atoms with Crippen LogP contribution in [0.25, 0.3) is 11.0 Å². The summed E-state index contributed by atoms with van der Waals surface area (Å²) in [7, 11) is 1.57. The van der Waals surface area contributed by atoms with E-state index >= 15 is 0 Å². The minimum absolute atomic E-state index is 0.102. The molecule has 5 nitrogen and oxygen atoms in total. The van der Waals surface area contributed by atoms with Crippen molar-refractivity contribution < 1.29 is 9.53 Å². The van der Waals surface area contributed by atoms with Gasteiger partial charge in [0.25, 0.3) is 5.91 Å². The summed E-state index contributed by atoms with van der Waals surface area (Å²) in [5.74, 6) is 0.999. The van der Waals surface area contributed by atoms with Gasteiger partial charge in [-0.25, -0.2) is 4.98 Å². The Labute approximate surface area is 176 Å². The maximum absolute atomic E-state index is 13.2. The van der Waals surface area contributed by atoms with Crippen LogP contribution in [0.3, 0.4) is 0 Å². The van der Waals surface area contributed by atoms with E-state index in [1.807, 2.05) is 30.0 Å². The largest absolute Gasteiger partial charge is 0.491 e. The Balaban J connectivity index is 1.52. The molecule has 2 heterocycles. The molecule has 1 N–H and O–H groups in total. The number of rotatable bonds is 4. The number of carbonyl (C=O) groups is 1. The molecule has 1 amide bonds. The highest BCUT2D eigenvalue weighted by atomic mass is 16.5. The number of fused-ring (bicyclic) bond motifs is 1. The molecule has 2 aromatic carbocycles. The third-order valence-electron chi connectivity index (χ3n) is 6.65. The summed E-state index contributed by atoms with van der Waals surface area (Å²) in [5.41, 5.74) is 6.10. The Morgan fingerprint density at radius 3 is 2.50 bits per heavy atom. The van der Waals surface area contributed by atoms with E-state index in [0.717, 1.165) is 27.9 Å². The summed E-state index contributed by atoms with van der Waals surface area (Å²) in [6.45, 7) is 1.99. The van der Waals surface area contributed by atoms with Crippen molar-refractivity contribution in [1.82, 2.24) is 9.97 Å². The molecule has 3 aromatic rings. The van der Waals surface area contributed by atoms with Crippen molar-refractivity contribution in [1.29, 1.82) is 0 Å². The fraction of sp³-hybridized carbons (Fsp3) is 0.360. The molecular formula is C25H27N3O2. The molecule has 154 valence electrons. The summed E-state index contributed by atoms with van der Waals surface area (Å²) in [6.07, 6.45) is 8.25. The highest BCUT2D eigenvalue weighted by Crippen LogP contribution is 2.42. The Morgan fingerprint density at radius 2 is 1.77 bits per heavy atom. The second-order valence-corrected chi connectivity index (χ2v) is 8.40. The highest BCUT2D eigenvalue weighted by molar-refractivity contribution is 6.09. The number of carbonyl (C=O) groups excluding carboxylic acids is 1. The second kappa shape index (κ2) is 7.63. The van der Waals surface area contributed by atoms with E-state index in [-0.39, 0.29) is 11.9 Å². The minimum atomic E-state index is -0.173. The molecule has 1 unspecified atom stereocenters. The number of hydrogen-bond donors (Lipinski definition) is 1. The van der Waals surface area contributed by atoms with Crippen LogP contribution >= 0.6 is 0 Å². The second-order valence-electron chi connectivity index (χ2n) is 8.40. The zero-order valence-electron chi connectivity index (χ0n) is 17.5. The lowest BCUT2D eigenvalue weighted by atomic mass is 9.83. The molecule has 0 spiro atoms. The predicted molar refractivity (Wildman–Crippen MR) is 118 cm³/mol. The maximum Gasteiger partial charge on any atom is 0.294 e. The van der Waals surface area contributed by atoms with Gasteiger partial charge in [0.05, 0.1) is 30.5 Å². The smallest absolute Gasteiger partial charge is 0.294 e. The molecule has 1 aliphatic carbocycles. The number of aromatic nitrogens is 2. The van der Waals surface area contributed by atoms with Crippen LogP contribution in [0.4, 0.5) is 5.69 Å². The number of nitrogens with one attached hydrogen (secondary N) is 1. The van der Waals surface area contributed by atoms with Crippen LogP contribution in [0.1, 0.15) is 62.1 Å². The average Bonchev–Trinajstić information content (AvgIpc) is 3.35. The van der Waals surface area contributed by atoms with E-state index in [4.69, 9.17) is 4.74 Å². The van der Waals surface area contributed by atoms with Gasteiger partial charge < -0.3 is 9.72 Å². The fourth-order valence-corrected chi connectivity index (χ4v) is 5.09. The number of amides is 1. The summed E-state index contributed by atoms with van der Waals surface area (Å²) in [4.78, 5) is 22.5. The zero-order valence-corrected chi connectivity index (χ0v) is 17.5. The molecule has 1 saturated carbocycles. The van der Waals surface area contributed by atoms with Crippen LogP contribution in [0.15, 0.2) is 60.1 Å². The van der Waals surface area contributed by atoms with Crippen molar-refractivity contribution >= 4 is 22.6 Å². The highest BCUT2D eigenvalue weighted by Gasteiger charge is 2.40. The van der Waals surface area contributed by atoms with Gasteiger partial charge in [-0.05, 0) is 55.0 Å². The van der Waals surface area contributed by atoms with Gasteiger partial charge in [-0.2, -0.15) is 0 Å². The Morgan fingerprint density at radius 1 is 1.03 bits per heavy atom. The third kappa shape index (κ3) is 3.09. The Kier molecular flexibility index (Phi) is 4.81. The predicted octanol–water partition coefficient (Wildman–Crippen LogP) is 5.62. The van der Waals surface area contributed by atoms with E-state index in [0.29, 0.717) is 11.7 Å². The normalized spacial score (nSPS) is 20.4. The molecule has 5 heteroatoms. The van der Waals surface area contributed by atoms with Crippen molar-refractivity contribution in [3.8, 4) is 0 Å².